The Labute approximate surface area is 181 Å². The third-order valence-electron chi connectivity index (χ3n) is 5.94. The number of aromatic amines is 1. The molecule has 1 fully saturated rings. The van der Waals surface area contributed by atoms with E-state index < -0.39 is 0 Å². The maximum Gasteiger partial charge on any atom is 0.182 e. The van der Waals surface area contributed by atoms with Crippen LogP contribution < -0.4 is 4.74 Å². The molecule has 2 heterocycles. The Balaban J connectivity index is 1.15. The summed E-state index contributed by atoms with van der Waals surface area (Å²) < 4.78 is 5.72. The molecule has 0 unspecified atom stereocenters. The van der Waals surface area contributed by atoms with Crippen molar-refractivity contribution in [3.05, 3.63) is 60.5 Å². The highest BCUT2D eigenvalue weighted by atomic mass is 16.5. The van der Waals surface area contributed by atoms with Crippen LogP contribution in [0.3, 0.4) is 0 Å². The maximum absolute atomic E-state index is 10.3. The maximum atomic E-state index is 10.3. The fourth-order valence-corrected chi connectivity index (χ4v) is 4.10. The van der Waals surface area contributed by atoms with Crippen LogP contribution in [0.5, 0.6) is 5.75 Å². The second kappa shape index (κ2) is 13.0. The summed E-state index contributed by atoms with van der Waals surface area (Å²) >= 11 is 0. The zero-order chi connectivity index (χ0) is 20.9. The number of likely N-dealkylation sites (tertiary alicyclic amines) is 1. The lowest BCUT2D eigenvalue weighted by atomic mass is 9.94. The number of nitrogens with zero attached hydrogens (tertiary/aromatic N) is 2. The molecule has 2 aromatic rings. The molecule has 0 aliphatic carbocycles. The smallest absolute Gasteiger partial charge is 0.182 e. The fourth-order valence-electron chi connectivity index (χ4n) is 4.10. The number of ether oxygens (including phenoxy) is 1. The molecule has 1 aromatic carbocycles. The van der Waals surface area contributed by atoms with E-state index in [1.54, 1.807) is 6.33 Å². The Morgan fingerprint density at radius 3 is 2.43 bits per heavy atom. The first-order valence-corrected chi connectivity index (χ1v) is 11.6. The summed E-state index contributed by atoms with van der Waals surface area (Å²) in [6.07, 6.45) is 17.5. The van der Waals surface area contributed by atoms with Crippen LogP contribution in [-0.2, 0) is 0 Å². The van der Waals surface area contributed by atoms with Gasteiger partial charge in [-0.3, -0.25) is 0 Å². The van der Waals surface area contributed by atoms with Crippen molar-refractivity contribution >= 4 is 0 Å². The normalized spacial score (nSPS) is 15.5. The van der Waals surface area contributed by atoms with Gasteiger partial charge >= 0.3 is 0 Å². The summed E-state index contributed by atoms with van der Waals surface area (Å²) in [7, 11) is 0. The first-order valence-electron chi connectivity index (χ1n) is 11.6. The SMILES string of the molecule is O/C(=C\CCCCCCCCCOc1ccccc1)N1CCC(c2c[nH]cn2)CC1. The zero-order valence-electron chi connectivity index (χ0n) is 18.1. The summed E-state index contributed by atoms with van der Waals surface area (Å²) in [6, 6.07) is 10.0. The molecular weight excluding hydrogens is 374 g/mol. The highest BCUT2D eigenvalue weighted by Crippen LogP contribution is 2.27. The van der Waals surface area contributed by atoms with Gasteiger partial charge in [0.1, 0.15) is 5.75 Å². The van der Waals surface area contributed by atoms with Crippen molar-refractivity contribution in [2.75, 3.05) is 19.7 Å². The number of hydrogen-bond donors (Lipinski definition) is 2. The van der Waals surface area contributed by atoms with Gasteiger partial charge in [0.2, 0.25) is 0 Å². The van der Waals surface area contributed by atoms with Crippen molar-refractivity contribution < 1.29 is 9.84 Å². The lowest BCUT2D eigenvalue weighted by Crippen LogP contribution is -2.32. The Morgan fingerprint density at radius 1 is 1.03 bits per heavy atom. The number of allylic oxidation sites excluding steroid dienone is 1. The summed E-state index contributed by atoms with van der Waals surface area (Å²) in [6.45, 7) is 2.63. The fraction of sp³-hybridized carbons (Fsp3) is 0.560. The van der Waals surface area contributed by atoms with Gasteiger partial charge in [0.05, 0.1) is 18.6 Å². The average molecular weight is 412 g/mol. The number of aromatic nitrogens is 2. The molecule has 3 rings (SSSR count). The number of nitrogens with one attached hydrogen (secondary N) is 1. The molecule has 0 radical (unpaired) electrons. The van der Waals surface area contributed by atoms with Gasteiger partial charge < -0.3 is 19.7 Å². The zero-order valence-corrected chi connectivity index (χ0v) is 18.1. The van der Waals surface area contributed by atoms with Crippen molar-refractivity contribution in [3.63, 3.8) is 0 Å². The van der Waals surface area contributed by atoms with Crippen LogP contribution in [0, 0.1) is 0 Å². The van der Waals surface area contributed by atoms with Crippen molar-refractivity contribution in [1.82, 2.24) is 14.9 Å². The number of imidazole rings is 1. The van der Waals surface area contributed by atoms with E-state index in [0.29, 0.717) is 11.8 Å². The van der Waals surface area contributed by atoms with Crippen molar-refractivity contribution in [2.45, 2.75) is 70.1 Å². The van der Waals surface area contributed by atoms with Gasteiger partial charge in [-0.15, -0.1) is 0 Å². The molecule has 0 bridgehead atoms. The number of aliphatic hydroxyl groups excluding tert-OH is 1. The van der Waals surface area contributed by atoms with Gasteiger partial charge in [-0.2, -0.15) is 0 Å². The number of rotatable bonds is 13. The van der Waals surface area contributed by atoms with Crippen LogP contribution >= 0.6 is 0 Å². The first-order chi connectivity index (χ1) is 14.8. The predicted octanol–water partition coefficient (Wildman–Crippen LogP) is 6.19. The number of piperidine rings is 1. The Bertz CT molecular complexity index is 707. The van der Waals surface area contributed by atoms with E-state index in [2.05, 4.69) is 14.9 Å². The van der Waals surface area contributed by atoms with Crippen molar-refractivity contribution in [3.8, 4) is 5.75 Å². The molecule has 0 amide bonds. The molecule has 5 nitrogen and oxygen atoms in total. The van der Waals surface area contributed by atoms with Gasteiger partial charge in [0, 0.05) is 25.2 Å². The molecule has 2 N–H and O–H groups in total. The minimum atomic E-state index is 0.467. The molecule has 164 valence electrons. The van der Waals surface area contributed by atoms with Gasteiger partial charge in [0.25, 0.3) is 0 Å². The van der Waals surface area contributed by atoms with Crippen LogP contribution in [0.15, 0.2) is 54.8 Å². The van der Waals surface area contributed by atoms with E-state index in [4.69, 9.17) is 4.74 Å². The molecule has 1 saturated heterocycles. The quantitative estimate of drug-likeness (QED) is 0.305. The van der Waals surface area contributed by atoms with E-state index in [1.807, 2.05) is 42.6 Å². The summed E-state index contributed by atoms with van der Waals surface area (Å²) in [5.74, 6) is 1.95. The molecule has 1 aliphatic rings. The van der Waals surface area contributed by atoms with E-state index in [1.165, 1.54) is 32.1 Å². The van der Waals surface area contributed by atoms with E-state index in [-0.39, 0.29) is 0 Å². The molecule has 30 heavy (non-hydrogen) atoms. The molecule has 5 heteroatoms. The van der Waals surface area contributed by atoms with Gasteiger partial charge in [0.15, 0.2) is 5.88 Å². The summed E-state index contributed by atoms with van der Waals surface area (Å²) in [4.78, 5) is 9.52. The number of para-hydroxylation sites is 1. The standard InChI is InChI=1S/C25H37N3O2/c29-25(28-17-15-22(16-18-28)24-20-26-21-27-24)14-10-5-3-1-2-4-6-11-19-30-23-12-8-7-9-13-23/h7-9,12-14,20-22,29H,1-6,10-11,15-19H2,(H,26,27)/b25-14-. The molecule has 0 spiro atoms. The van der Waals surface area contributed by atoms with Crippen molar-refractivity contribution in [2.24, 2.45) is 0 Å². The largest absolute Gasteiger partial charge is 0.495 e. The van der Waals surface area contributed by atoms with E-state index in [0.717, 1.165) is 63.2 Å². The van der Waals surface area contributed by atoms with E-state index >= 15 is 0 Å². The van der Waals surface area contributed by atoms with Gasteiger partial charge in [-0.1, -0.05) is 50.3 Å². The third-order valence-corrected chi connectivity index (χ3v) is 5.94. The highest BCUT2D eigenvalue weighted by molar-refractivity contribution is 5.20. The number of aliphatic hydroxyl groups is 1. The van der Waals surface area contributed by atoms with Crippen LogP contribution in [-0.4, -0.2) is 39.7 Å². The van der Waals surface area contributed by atoms with E-state index in [9.17, 15) is 5.11 Å². The monoisotopic (exact) mass is 411 g/mol. The van der Waals surface area contributed by atoms with Crippen LogP contribution in [0.1, 0.15) is 75.8 Å². The molecular formula is C25H37N3O2. The third kappa shape index (κ3) is 7.77. The van der Waals surface area contributed by atoms with Gasteiger partial charge in [-0.25, -0.2) is 4.98 Å². The number of benzene rings is 1. The minimum Gasteiger partial charge on any atom is -0.495 e. The van der Waals surface area contributed by atoms with Crippen LogP contribution in [0.2, 0.25) is 0 Å². The highest BCUT2D eigenvalue weighted by Gasteiger charge is 2.22. The number of hydrogen-bond acceptors (Lipinski definition) is 4. The lowest BCUT2D eigenvalue weighted by Gasteiger charge is -2.32. The van der Waals surface area contributed by atoms with Crippen molar-refractivity contribution in [1.29, 1.82) is 0 Å². The molecule has 1 aliphatic heterocycles. The second-order valence-electron chi connectivity index (χ2n) is 8.24. The van der Waals surface area contributed by atoms with Crippen LogP contribution in [0.25, 0.3) is 0 Å². The lowest BCUT2D eigenvalue weighted by molar-refractivity contribution is 0.163. The Morgan fingerprint density at radius 2 is 1.73 bits per heavy atom. The predicted molar refractivity (Wildman–Crippen MR) is 122 cm³/mol. The Hall–Kier alpha value is -2.43. The number of H-pyrrole nitrogens is 1. The number of unbranched alkanes of at least 4 members (excludes halogenated alkanes) is 7. The first kappa shape index (κ1) is 22.3. The summed E-state index contributed by atoms with van der Waals surface area (Å²) in [5, 5.41) is 10.3. The molecule has 1 aromatic heterocycles. The van der Waals surface area contributed by atoms with Gasteiger partial charge in [-0.05, 0) is 50.3 Å². The Kier molecular flexibility index (Phi) is 9.64. The topological polar surface area (TPSA) is 61.4 Å². The second-order valence-corrected chi connectivity index (χ2v) is 8.24. The van der Waals surface area contributed by atoms with Crippen LogP contribution in [0.4, 0.5) is 0 Å². The minimum absolute atomic E-state index is 0.467. The summed E-state index contributed by atoms with van der Waals surface area (Å²) in [5.41, 5.74) is 1.15. The molecule has 0 saturated carbocycles. The molecule has 0 atom stereocenters. The average Bonchev–Trinajstić information content (AvgIpc) is 3.33.